The second kappa shape index (κ2) is 14.0. The first-order valence-electron chi connectivity index (χ1n) is 12.4. The standard InChI is InChI=1S/C26H31BrN5O6P/c1-2-22(36-14-19-7-4-3-5-8-19)16-38-39(34,37-15-20-9-6-10-21(27)13-20)18-35-12-11-32-17-29-23-24(32)30-26(28)31-25(23)33/h3-10,13,17,22H,2,11-12,14-16,18H2,1H3,(H3,28,30,31,33). The Bertz CT molecular complexity index is 1460. The van der Waals surface area contributed by atoms with Gasteiger partial charge in [0, 0.05) is 11.0 Å². The first kappa shape index (κ1) is 29.1. The van der Waals surface area contributed by atoms with Crippen molar-refractivity contribution in [2.24, 2.45) is 0 Å². The Labute approximate surface area is 234 Å². The molecule has 0 aliphatic rings. The van der Waals surface area contributed by atoms with E-state index in [0.29, 0.717) is 25.2 Å². The Balaban J connectivity index is 1.36. The predicted octanol–water partition coefficient (Wildman–Crippen LogP) is 4.86. The number of ether oxygens (including phenoxy) is 2. The summed E-state index contributed by atoms with van der Waals surface area (Å²) in [4.78, 5) is 22.6. The highest BCUT2D eigenvalue weighted by atomic mass is 79.9. The summed E-state index contributed by atoms with van der Waals surface area (Å²) in [7, 11) is -3.67. The summed E-state index contributed by atoms with van der Waals surface area (Å²) < 4.78 is 39.6. The molecule has 0 aliphatic carbocycles. The lowest BCUT2D eigenvalue weighted by atomic mass is 10.2. The smallest absolute Gasteiger partial charge is 0.356 e. The van der Waals surface area contributed by atoms with Crippen LogP contribution in [0.25, 0.3) is 11.2 Å². The minimum atomic E-state index is -3.67. The molecule has 0 fully saturated rings. The predicted molar refractivity (Wildman–Crippen MR) is 151 cm³/mol. The van der Waals surface area contributed by atoms with Crippen LogP contribution in [0, 0.1) is 0 Å². The van der Waals surface area contributed by atoms with Crippen molar-refractivity contribution in [3.05, 3.63) is 86.9 Å². The molecule has 2 aromatic heterocycles. The first-order valence-corrected chi connectivity index (χ1v) is 14.9. The number of H-pyrrole nitrogens is 1. The average Bonchev–Trinajstić information content (AvgIpc) is 3.34. The third kappa shape index (κ3) is 8.56. The molecule has 0 aliphatic heterocycles. The number of nitrogens with zero attached hydrogens (tertiary/aromatic N) is 3. The summed E-state index contributed by atoms with van der Waals surface area (Å²) in [5.41, 5.74) is 7.63. The number of anilines is 1. The largest absolute Gasteiger partial charge is 0.371 e. The molecule has 39 heavy (non-hydrogen) atoms. The lowest BCUT2D eigenvalue weighted by Gasteiger charge is -2.22. The van der Waals surface area contributed by atoms with Crippen molar-refractivity contribution < 1.29 is 23.1 Å². The Kier molecular flexibility index (Phi) is 10.4. The van der Waals surface area contributed by atoms with E-state index in [4.69, 9.17) is 24.3 Å². The van der Waals surface area contributed by atoms with Gasteiger partial charge in [-0.2, -0.15) is 4.98 Å². The van der Waals surface area contributed by atoms with Gasteiger partial charge in [0.2, 0.25) is 5.95 Å². The van der Waals surface area contributed by atoms with Crippen molar-refractivity contribution in [2.75, 3.05) is 25.3 Å². The fourth-order valence-corrected chi connectivity index (χ4v) is 5.42. The lowest BCUT2D eigenvalue weighted by molar-refractivity contribution is 0.000172. The monoisotopic (exact) mass is 619 g/mol. The number of aromatic amines is 1. The van der Waals surface area contributed by atoms with E-state index < -0.39 is 13.2 Å². The summed E-state index contributed by atoms with van der Waals surface area (Å²) in [5.74, 6) is -0.00557. The number of halogens is 1. The van der Waals surface area contributed by atoms with Crippen LogP contribution in [-0.4, -0.2) is 45.2 Å². The number of fused-ring (bicyclic) bond motifs is 1. The molecule has 2 atom stereocenters. The third-order valence-electron chi connectivity index (χ3n) is 5.78. The van der Waals surface area contributed by atoms with Crippen LogP contribution >= 0.6 is 23.5 Å². The summed E-state index contributed by atoms with van der Waals surface area (Å²) in [6.07, 6.45) is 1.60. The Morgan fingerprint density at radius 1 is 1.10 bits per heavy atom. The van der Waals surface area contributed by atoms with E-state index in [1.807, 2.05) is 61.5 Å². The molecule has 2 heterocycles. The van der Waals surface area contributed by atoms with Crippen LogP contribution < -0.4 is 11.3 Å². The minimum Gasteiger partial charge on any atom is -0.371 e. The molecular formula is C26H31BrN5O6P. The van der Waals surface area contributed by atoms with Crippen molar-refractivity contribution in [1.29, 1.82) is 0 Å². The zero-order valence-corrected chi connectivity index (χ0v) is 24.0. The van der Waals surface area contributed by atoms with Crippen molar-refractivity contribution >= 4 is 40.6 Å². The second-order valence-electron chi connectivity index (χ2n) is 8.74. The molecule has 0 amide bonds. The van der Waals surface area contributed by atoms with Gasteiger partial charge in [-0.3, -0.25) is 14.3 Å². The molecule has 0 spiro atoms. The van der Waals surface area contributed by atoms with Crippen molar-refractivity contribution in [3.8, 4) is 0 Å². The van der Waals surface area contributed by atoms with E-state index in [-0.39, 0.29) is 43.7 Å². The van der Waals surface area contributed by atoms with E-state index in [2.05, 4.69) is 30.9 Å². The average molecular weight is 620 g/mol. The van der Waals surface area contributed by atoms with E-state index in [9.17, 15) is 9.36 Å². The van der Waals surface area contributed by atoms with Crippen LogP contribution in [0.4, 0.5) is 5.95 Å². The maximum Gasteiger partial charge on any atom is 0.356 e. The fourth-order valence-electron chi connectivity index (χ4n) is 3.65. The maximum atomic E-state index is 13.7. The van der Waals surface area contributed by atoms with Gasteiger partial charge < -0.3 is 28.8 Å². The molecule has 11 nitrogen and oxygen atoms in total. The van der Waals surface area contributed by atoms with Crippen molar-refractivity contribution in [2.45, 2.75) is 39.2 Å². The number of imidazole rings is 1. The zero-order chi connectivity index (χ0) is 27.7. The zero-order valence-electron chi connectivity index (χ0n) is 21.5. The third-order valence-corrected chi connectivity index (χ3v) is 7.83. The van der Waals surface area contributed by atoms with Crippen LogP contribution in [0.1, 0.15) is 24.5 Å². The molecule has 2 aromatic carbocycles. The van der Waals surface area contributed by atoms with Crippen LogP contribution in [-0.2, 0) is 42.8 Å². The number of nitrogens with one attached hydrogen (secondary N) is 1. The van der Waals surface area contributed by atoms with Crippen LogP contribution in [0.2, 0.25) is 0 Å². The molecule has 0 saturated heterocycles. The fraction of sp³-hybridized carbons (Fsp3) is 0.346. The van der Waals surface area contributed by atoms with Crippen LogP contribution in [0.3, 0.4) is 0 Å². The molecular weight excluding hydrogens is 589 g/mol. The van der Waals surface area contributed by atoms with Crippen LogP contribution in [0.15, 0.2) is 70.2 Å². The van der Waals surface area contributed by atoms with Crippen molar-refractivity contribution in [1.82, 2.24) is 19.5 Å². The van der Waals surface area contributed by atoms with Crippen molar-refractivity contribution in [3.63, 3.8) is 0 Å². The summed E-state index contributed by atoms with van der Waals surface area (Å²) in [6.45, 7) is 3.01. The van der Waals surface area contributed by atoms with Gasteiger partial charge in [-0.15, -0.1) is 0 Å². The lowest BCUT2D eigenvalue weighted by Crippen LogP contribution is -2.19. The minimum absolute atomic E-state index is 0.00557. The number of rotatable bonds is 15. The normalized spacial score (nSPS) is 13.9. The molecule has 0 bridgehead atoms. The highest BCUT2D eigenvalue weighted by Crippen LogP contribution is 2.49. The highest BCUT2D eigenvalue weighted by molar-refractivity contribution is 9.10. The number of benzene rings is 2. The van der Waals surface area contributed by atoms with E-state index >= 15 is 0 Å². The first-order chi connectivity index (χ1) is 18.8. The Morgan fingerprint density at radius 3 is 2.67 bits per heavy atom. The molecule has 4 rings (SSSR count). The molecule has 2 unspecified atom stereocenters. The Hall–Kier alpha value is -2.86. The van der Waals surface area contributed by atoms with Crippen LogP contribution in [0.5, 0.6) is 0 Å². The molecule has 4 aromatic rings. The molecule has 208 valence electrons. The molecule has 0 radical (unpaired) electrons. The number of hydrogen-bond donors (Lipinski definition) is 2. The molecule has 13 heteroatoms. The molecule has 3 N–H and O–H groups in total. The van der Waals surface area contributed by atoms with E-state index in [0.717, 1.165) is 15.6 Å². The number of nitrogen functional groups attached to an aromatic ring is 1. The van der Waals surface area contributed by atoms with Gasteiger partial charge in [-0.25, -0.2) is 4.98 Å². The highest BCUT2D eigenvalue weighted by Gasteiger charge is 2.27. The van der Waals surface area contributed by atoms with E-state index in [1.165, 1.54) is 6.33 Å². The number of aromatic nitrogens is 4. The summed E-state index contributed by atoms with van der Waals surface area (Å²) in [5, 5.41) is 0. The van der Waals surface area contributed by atoms with E-state index in [1.54, 1.807) is 4.57 Å². The topological polar surface area (TPSA) is 144 Å². The van der Waals surface area contributed by atoms with Gasteiger partial charge in [0.1, 0.15) is 6.35 Å². The maximum absolute atomic E-state index is 13.7. The second-order valence-corrected chi connectivity index (χ2v) is 11.6. The SMILES string of the molecule is CCC(COP(=O)(COCCn1cnc2c(=O)[nH]c(N)nc21)OCc1cccc(Br)c1)OCc1ccccc1. The summed E-state index contributed by atoms with van der Waals surface area (Å²) in [6, 6.07) is 17.3. The van der Waals surface area contributed by atoms with Gasteiger partial charge >= 0.3 is 7.60 Å². The van der Waals surface area contributed by atoms with Gasteiger partial charge in [0.15, 0.2) is 11.2 Å². The van der Waals surface area contributed by atoms with Gasteiger partial charge in [-0.05, 0) is 29.7 Å². The number of nitrogens with two attached hydrogens (primary N) is 1. The van der Waals surface area contributed by atoms with Gasteiger partial charge in [0.05, 0.1) is 38.9 Å². The number of hydrogen-bond acceptors (Lipinski definition) is 9. The summed E-state index contributed by atoms with van der Waals surface area (Å²) >= 11 is 3.44. The van der Waals surface area contributed by atoms with Gasteiger partial charge in [0.25, 0.3) is 5.56 Å². The Morgan fingerprint density at radius 2 is 1.90 bits per heavy atom. The van der Waals surface area contributed by atoms with Gasteiger partial charge in [-0.1, -0.05) is 65.3 Å². The quantitative estimate of drug-likeness (QED) is 0.141. The molecule has 0 saturated carbocycles.